The second-order valence-electron chi connectivity index (χ2n) is 4.87. The molecule has 1 fully saturated rings. The van der Waals surface area contributed by atoms with Crippen LogP contribution in [0.5, 0.6) is 0 Å². The molecular weight excluding hydrogens is 208 g/mol. The smallest absolute Gasteiger partial charge is 0.373 e. The minimum atomic E-state index is -1.37. The molecule has 0 aromatic heterocycles. The third-order valence-electron chi connectivity index (χ3n) is 2.98. The van der Waals surface area contributed by atoms with Gasteiger partial charge in [0.25, 0.3) is 5.78 Å². The molecule has 0 saturated heterocycles. The van der Waals surface area contributed by atoms with Crippen LogP contribution >= 0.6 is 0 Å². The summed E-state index contributed by atoms with van der Waals surface area (Å²) >= 11 is 0. The predicted molar refractivity (Wildman–Crippen MR) is 60.0 cm³/mol. The molecule has 0 bridgehead atoms. The van der Waals surface area contributed by atoms with E-state index in [4.69, 9.17) is 10.8 Å². The molecule has 5 heteroatoms. The molecule has 3 atom stereocenters. The number of carboxylic acids is 1. The van der Waals surface area contributed by atoms with E-state index in [0.29, 0.717) is 6.42 Å². The Balaban J connectivity index is 2.56. The quantitative estimate of drug-likeness (QED) is 0.562. The summed E-state index contributed by atoms with van der Waals surface area (Å²) in [6, 6.07) is -0.461. The average Bonchev–Trinajstić information content (AvgIpc) is 2.20. The zero-order valence-electron chi connectivity index (χ0n) is 9.77. The fraction of sp³-hybridized carbons (Fsp3) is 0.818. The number of hydrogen-bond donors (Lipinski definition) is 3. The molecule has 0 radical (unpaired) electrons. The van der Waals surface area contributed by atoms with Crippen molar-refractivity contribution in [2.45, 2.75) is 51.2 Å². The van der Waals surface area contributed by atoms with Gasteiger partial charge in [0.15, 0.2) is 0 Å². The fourth-order valence-corrected chi connectivity index (χ4v) is 1.86. The van der Waals surface area contributed by atoms with Gasteiger partial charge >= 0.3 is 5.97 Å². The minimum absolute atomic E-state index is 0.0521. The van der Waals surface area contributed by atoms with E-state index in [9.17, 15) is 9.59 Å². The van der Waals surface area contributed by atoms with Gasteiger partial charge in [-0.05, 0) is 25.2 Å². The summed E-state index contributed by atoms with van der Waals surface area (Å²) in [6.45, 7) is 3.93. The molecule has 1 aliphatic carbocycles. The molecular formula is C11H20N2O3. The molecule has 0 aromatic rings. The second-order valence-corrected chi connectivity index (χ2v) is 4.87. The number of nitrogens with one attached hydrogen (secondary N) is 1. The highest BCUT2D eigenvalue weighted by Gasteiger charge is 2.33. The highest BCUT2D eigenvalue weighted by molar-refractivity contribution is 6.34. The molecule has 0 spiro atoms. The molecule has 1 rings (SSSR count). The van der Waals surface area contributed by atoms with Crippen LogP contribution < -0.4 is 11.1 Å². The van der Waals surface area contributed by atoms with E-state index in [1.807, 2.05) is 13.8 Å². The number of hydrogen-bond acceptors (Lipinski definition) is 4. The van der Waals surface area contributed by atoms with Gasteiger partial charge in [-0.2, -0.15) is 0 Å². The number of rotatable bonds is 6. The zero-order valence-corrected chi connectivity index (χ0v) is 9.77. The zero-order chi connectivity index (χ0) is 12.3. The summed E-state index contributed by atoms with van der Waals surface area (Å²) in [4.78, 5) is 22.1. The summed E-state index contributed by atoms with van der Waals surface area (Å²) in [6.07, 6.45) is 2.39. The first-order valence-corrected chi connectivity index (χ1v) is 5.70. The fourth-order valence-electron chi connectivity index (χ4n) is 1.86. The molecule has 92 valence electrons. The number of aliphatic carboxylic acids is 1. The molecule has 1 saturated carbocycles. The van der Waals surface area contributed by atoms with Crippen LogP contribution in [0.2, 0.25) is 0 Å². The van der Waals surface area contributed by atoms with Crippen molar-refractivity contribution in [3.63, 3.8) is 0 Å². The van der Waals surface area contributed by atoms with Gasteiger partial charge in [0, 0.05) is 12.1 Å². The van der Waals surface area contributed by atoms with E-state index in [1.165, 1.54) is 0 Å². The minimum Gasteiger partial charge on any atom is -0.475 e. The monoisotopic (exact) mass is 228 g/mol. The number of ketones is 1. The molecule has 0 aliphatic heterocycles. The predicted octanol–water partition coefficient (Wildman–Crippen LogP) is 0.134. The van der Waals surface area contributed by atoms with Crippen LogP contribution in [0.15, 0.2) is 0 Å². The van der Waals surface area contributed by atoms with Gasteiger partial charge in [0.05, 0.1) is 6.04 Å². The van der Waals surface area contributed by atoms with Gasteiger partial charge < -0.3 is 16.2 Å². The van der Waals surface area contributed by atoms with Crippen LogP contribution in [0.4, 0.5) is 0 Å². The van der Waals surface area contributed by atoms with Crippen molar-refractivity contribution in [1.29, 1.82) is 0 Å². The average molecular weight is 228 g/mol. The van der Waals surface area contributed by atoms with E-state index in [0.717, 1.165) is 12.8 Å². The Morgan fingerprint density at radius 1 is 1.44 bits per heavy atom. The van der Waals surface area contributed by atoms with Gasteiger partial charge in [-0.15, -0.1) is 0 Å². The SMILES string of the molecule is CC(C)CC(NC1CCC1N)C(=O)C(=O)O. The second kappa shape index (κ2) is 5.41. The maximum atomic E-state index is 11.5. The number of carboxylic acid groups (broad SMARTS) is 1. The summed E-state index contributed by atoms with van der Waals surface area (Å²) in [5.74, 6) is -1.85. The lowest BCUT2D eigenvalue weighted by atomic mass is 9.85. The molecule has 5 nitrogen and oxygen atoms in total. The van der Waals surface area contributed by atoms with Gasteiger partial charge in [-0.1, -0.05) is 13.8 Å². The van der Waals surface area contributed by atoms with Crippen molar-refractivity contribution < 1.29 is 14.7 Å². The first kappa shape index (κ1) is 13.1. The Hall–Kier alpha value is -0.940. The molecule has 1 aliphatic rings. The van der Waals surface area contributed by atoms with Gasteiger partial charge in [-0.25, -0.2) is 4.79 Å². The maximum Gasteiger partial charge on any atom is 0.373 e. The van der Waals surface area contributed by atoms with Crippen LogP contribution in [0.25, 0.3) is 0 Å². The molecule has 16 heavy (non-hydrogen) atoms. The Morgan fingerprint density at radius 2 is 2.06 bits per heavy atom. The van der Waals surface area contributed by atoms with Crippen molar-refractivity contribution in [1.82, 2.24) is 5.32 Å². The van der Waals surface area contributed by atoms with Gasteiger partial charge in [0.1, 0.15) is 0 Å². The van der Waals surface area contributed by atoms with E-state index in [2.05, 4.69) is 5.32 Å². The lowest BCUT2D eigenvalue weighted by Gasteiger charge is -2.37. The summed E-state index contributed by atoms with van der Waals surface area (Å²) in [7, 11) is 0. The third-order valence-corrected chi connectivity index (χ3v) is 2.98. The molecule has 0 amide bonds. The Kier molecular flexibility index (Phi) is 4.44. The van der Waals surface area contributed by atoms with Crippen LogP contribution in [-0.4, -0.2) is 35.0 Å². The van der Waals surface area contributed by atoms with E-state index >= 15 is 0 Å². The summed E-state index contributed by atoms with van der Waals surface area (Å²) in [5.41, 5.74) is 5.76. The maximum absolute atomic E-state index is 11.5. The van der Waals surface area contributed by atoms with Crippen LogP contribution in [0, 0.1) is 5.92 Å². The van der Waals surface area contributed by atoms with Crippen LogP contribution in [-0.2, 0) is 9.59 Å². The standard InChI is InChI=1S/C11H20N2O3/c1-6(2)5-9(10(14)11(15)16)13-8-4-3-7(8)12/h6-9,13H,3-5,12H2,1-2H3,(H,15,16). The number of Topliss-reactive ketones (excluding diaryl/α,β-unsaturated/α-hetero) is 1. The van der Waals surface area contributed by atoms with Crippen LogP contribution in [0.3, 0.4) is 0 Å². The van der Waals surface area contributed by atoms with E-state index < -0.39 is 17.8 Å². The van der Waals surface area contributed by atoms with Crippen molar-refractivity contribution in [3.8, 4) is 0 Å². The first-order chi connectivity index (χ1) is 7.41. The van der Waals surface area contributed by atoms with Crippen molar-refractivity contribution >= 4 is 11.8 Å². The number of carbonyl (C=O) groups is 2. The normalized spacial score (nSPS) is 26.2. The number of carbonyl (C=O) groups excluding carboxylic acids is 1. The van der Waals surface area contributed by atoms with Gasteiger partial charge in [-0.3, -0.25) is 4.79 Å². The summed E-state index contributed by atoms with van der Waals surface area (Å²) < 4.78 is 0. The highest BCUT2D eigenvalue weighted by atomic mass is 16.4. The Labute approximate surface area is 95.4 Å². The van der Waals surface area contributed by atoms with E-state index in [-0.39, 0.29) is 18.0 Å². The Bertz CT molecular complexity index is 278. The van der Waals surface area contributed by atoms with Crippen molar-refractivity contribution in [3.05, 3.63) is 0 Å². The molecule has 4 N–H and O–H groups in total. The van der Waals surface area contributed by atoms with Gasteiger partial charge in [0.2, 0.25) is 0 Å². The van der Waals surface area contributed by atoms with Crippen LogP contribution in [0.1, 0.15) is 33.1 Å². The summed E-state index contributed by atoms with van der Waals surface area (Å²) in [5, 5.41) is 11.8. The molecule has 0 heterocycles. The lowest BCUT2D eigenvalue weighted by molar-refractivity contribution is -0.150. The molecule has 0 aromatic carbocycles. The molecule has 3 unspecified atom stereocenters. The first-order valence-electron chi connectivity index (χ1n) is 5.70. The Morgan fingerprint density at radius 3 is 2.38 bits per heavy atom. The third kappa shape index (κ3) is 3.28. The van der Waals surface area contributed by atoms with Crippen molar-refractivity contribution in [2.75, 3.05) is 0 Å². The number of nitrogens with two attached hydrogens (primary N) is 1. The van der Waals surface area contributed by atoms with Crippen molar-refractivity contribution in [2.24, 2.45) is 11.7 Å². The van der Waals surface area contributed by atoms with E-state index in [1.54, 1.807) is 0 Å². The topological polar surface area (TPSA) is 92.4 Å². The largest absolute Gasteiger partial charge is 0.475 e. The lowest BCUT2D eigenvalue weighted by Crippen LogP contribution is -2.58. The highest BCUT2D eigenvalue weighted by Crippen LogP contribution is 2.19.